The van der Waals surface area contributed by atoms with Crippen molar-refractivity contribution in [3.05, 3.63) is 212 Å². The lowest BCUT2D eigenvalue weighted by Gasteiger charge is -2.18. The van der Waals surface area contributed by atoms with Crippen LogP contribution in [0.1, 0.15) is 0 Å². The molecule has 9 aromatic carbocycles. The monoisotopic (exact) mass is 713 g/mol. The van der Waals surface area contributed by atoms with Gasteiger partial charge in [-0.2, -0.15) is 0 Å². The molecule has 262 valence electrons. The Labute approximate surface area is 326 Å². The summed E-state index contributed by atoms with van der Waals surface area (Å²) in [4.78, 5) is 15.3. The predicted molar refractivity (Wildman–Crippen MR) is 233 cm³/mol. The van der Waals surface area contributed by atoms with Crippen LogP contribution in [0.2, 0.25) is 0 Å². The molecule has 3 nitrogen and oxygen atoms in total. The molecule has 0 atom stereocenters. The third-order valence-electron chi connectivity index (χ3n) is 10.5. The van der Waals surface area contributed by atoms with Crippen LogP contribution in [-0.4, -0.2) is 15.0 Å². The minimum absolute atomic E-state index is 0.629. The minimum atomic E-state index is 0.629. The van der Waals surface area contributed by atoms with Gasteiger partial charge in [0, 0.05) is 16.7 Å². The lowest BCUT2D eigenvalue weighted by Crippen LogP contribution is -2.00. The number of benzene rings is 9. The first-order valence-corrected chi connectivity index (χ1v) is 18.9. The van der Waals surface area contributed by atoms with E-state index in [4.69, 9.17) is 15.0 Å². The van der Waals surface area contributed by atoms with Crippen molar-refractivity contribution < 1.29 is 0 Å². The van der Waals surface area contributed by atoms with Gasteiger partial charge >= 0.3 is 0 Å². The number of hydrogen-bond donors (Lipinski definition) is 0. The molecule has 0 aliphatic heterocycles. The van der Waals surface area contributed by atoms with Crippen LogP contribution in [0.15, 0.2) is 212 Å². The summed E-state index contributed by atoms with van der Waals surface area (Å²) in [5.74, 6) is 1.90. The average Bonchev–Trinajstić information content (AvgIpc) is 3.29. The number of nitrogens with zero attached hydrogens (tertiary/aromatic N) is 3. The highest BCUT2D eigenvalue weighted by atomic mass is 15.0. The molecule has 0 radical (unpaired) electrons. The molecule has 10 aromatic rings. The highest BCUT2D eigenvalue weighted by Gasteiger charge is 2.18. The van der Waals surface area contributed by atoms with E-state index < -0.39 is 0 Å². The summed E-state index contributed by atoms with van der Waals surface area (Å²) >= 11 is 0. The molecule has 0 aliphatic rings. The summed E-state index contributed by atoms with van der Waals surface area (Å²) in [6.45, 7) is 0. The third-order valence-corrected chi connectivity index (χ3v) is 10.5. The maximum absolute atomic E-state index is 5.15. The molecule has 10 rings (SSSR count). The SMILES string of the molecule is c1ccc(-c2ccc(-c3c4ccccc4c(-c4cccc(-c5nc(-c6ccccc6)nc(-c6cccc(-c7ccccc7)c6)n5)c4)c4ccccc34)cc2)cc1. The molecule has 0 bridgehead atoms. The van der Waals surface area contributed by atoms with Gasteiger partial charge in [0.1, 0.15) is 0 Å². The first kappa shape index (κ1) is 33.1. The molecule has 0 N–H and O–H groups in total. The Balaban J connectivity index is 1.13. The highest BCUT2D eigenvalue weighted by Crippen LogP contribution is 2.44. The van der Waals surface area contributed by atoms with Crippen LogP contribution in [0.3, 0.4) is 0 Å². The maximum atomic E-state index is 5.15. The molecule has 0 fully saturated rings. The number of fused-ring (bicyclic) bond motifs is 2. The van der Waals surface area contributed by atoms with Gasteiger partial charge in [0.2, 0.25) is 0 Å². The van der Waals surface area contributed by atoms with Gasteiger partial charge in [0.15, 0.2) is 17.5 Å². The van der Waals surface area contributed by atoms with E-state index in [1.54, 1.807) is 0 Å². The summed E-state index contributed by atoms with van der Waals surface area (Å²) in [5, 5.41) is 4.83. The van der Waals surface area contributed by atoms with Gasteiger partial charge in [-0.3, -0.25) is 0 Å². The molecule has 0 saturated carbocycles. The van der Waals surface area contributed by atoms with Gasteiger partial charge in [0.25, 0.3) is 0 Å². The Morgan fingerprint density at radius 2 is 0.500 bits per heavy atom. The molecule has 1 aromatic heterocycles. The van der Waals surface area contributed by atoms with Crippen molar-refractivity contribution in [2.24, 2.45) is 0 Å². The van der Waals surface area contributed by atoms with Gasteiger partial charge in [-0.25, -0.2) is 15.0 Å². The van der Waals surface area contributed by atoms with E-state index >= 15 is 0 Å². The lowest BCUT2D eigenvalue weighted by molar-refractivity contribution is 1.07. The van der Waals surface area contributed by atoms with Crippen LogP contribution >= 0.6 is 0 Å². The molecule has 0 amide bonds. The molecular weight excluding hydrogens is 679 g/mol. The van der Waals surface area contributed by atoms with Crippen LogP contribution in [0.25, 0.3) is 100 Å². The van der Waals surface area contributed by atoms with E-state index in [9.17, 15) is 0 Å². The quantitative estimate of drug-likeness (QED) is 0.154. The fraction of sp³-hybridized carbons (Fsp3) is 0. The fourth-order valence-electron chi connectivity index (χ4n) is 7.84. The van der Waals surface area contributed by atoms with E-state index in [1.807, 2.05) is 24.3 Å². The van der Waals surface area contributed by atoms with E-state index in [1.165, 1.54) is 49.4 Å². The van der Waals surface area contributed by atoms with Crippen molar-refractivity contribution in [1.82, 2.24) is 15.0 Å². The van der Waals surface area contributed by atoms with Crippen molar-refractivity contribution in [3.63, 3.8) is 0 Å². The van der Waals surface area contributed by atoms with Gasteiger partial charge in [-0.1, -0.05) is 200 Å². The number of rotatable bonds is 7. The van der Waals surface area contributed by atoms with E-state index in [2.05, 4.69) is 188 Å². The van der Waals surface area contributed by atoms with Gasteiger partial charge in [0.05, 0.1) is 0 Å². The number of hydrogen-bond acceptors (Lipinski definition) is 3. The summed E-state index contributed by atoms with van der Waals surface area (Å²) < 4.78 is 0. The van der Waals surface area contributed by atoms with Crippen LogP contribution in [-0.2, 0) is 0 Å². The van der Waals surface area contributed by atoms with Gasteiger partial charge in [-0.05, 0) is 78.2 Å². The Bertz CT molecular complexity index is 2940. The van der Waals surface area contributed by atoms with Crippen molar-refractivity contribution in [1.29, 1.82) is 0 Å². The molecule has 3 heteroatoms. The maximum Gasteiger partial charge on any atom is 0.164 e. The van der Waals surface area contributed by atoms with Crippen molar-refractivity contribution >= 4 is 21.5 Å². The zero-order chi connectivity index (χ0) is 37.3. The van der Waals surface area contributed by atoms with E-state index in [-0.39, 0.29) is 0 Å². The zero-order valence-corrected chi connectivity index (χ0v) is 30.5. The van der Waals surface area contributed by atoms with Crippen molar-refractivity contribution in [2.75, 3.05) is 0 Å². The van der Waals surface area contributed by atoms with Gasteiger partial charge < -0.3 is 0 Å². The largest absolute Gasteiger partial charge is 0.208 e. The molecule has 1 heterocycles. The molecule has 0 saturated heterocycles. The topological polar surface area (TPSA) is 38.7 Å². The van der Waals surface area contributed by atoms with E-state index in [0.29, 0.717) is 17.5 Å². The summed E-state index contributed by atoms with van der Waals surface area (Å²) in [6, 6.07) is 74.8. The third kappa shape index (κ3) is 6.21. The Morgan fingerprint density at radius 1 is 0.196 bits per heavy atom. The lowest BCUT2D eigenvalue weighted by atomic mass is 9.85. The smallest absolute Gasteiger partial charge is 0.164 e. The first-order chi connectivity index (χ1) is 27.8. The summed E-state index contributed by atoms with van der Waals surface area (Å²) in [6.07, 6.45) is 0. The second kappa shape index (κ2) is 14.4. The molecule has 0 aliphatic carbocycles. The van der Waals surface area contributed by atoms with Crippen molar-refractivity contribution in [3.8, 4) is 78.7 Å². The standard InChI is InChI=1S/C53H35N3/c1-4-16-36(17-5-1)38-30-32-39(33-31-38)49-45-26-10-12-28-47(45)50(48-29-13-11-27-46(48)49)42-23-15-25-44(35-42)53-55-51(40-20-8-3-9-21-40)54-52(56-53)43-24-14-22-41(34-43)37-18-6-2-7-19-37/h1-35H. The van der Waals surface area contributed by atoms with Crippen LogP contribution < -0.4 is 0 Å². The minimum Gasteiger partial charge on any atom is -0.208 e. The molecule has 0 unspecified atom stereocenters. The second-order valence-electron chi connectivity index (χ2n) is 14.0. The summed E-state index contributed by atoms with van der Waals surface area (Å²) in [5.41, 5.74) is 12.2. The second-order valence-corrected chi connectivity index (χ2v) is 14.0. The Hall–Kier alpha value is -7.49. The number of aromatic nitrogens is 3. The normalized spacial score (nSPS) is 11.2. The first-order valence-electron chi connectivity index (χ1n) is 18.9. The molecule has 56 heavy (non-hydrogen) atoms. The Kier molecular flexibility index (Phi) is 8.51. The van der Waals surface area contributed by atoms with E-state index in [0.717, 1.165) is 33.4 Å². The van der Waals surface area contributed by atoms with Gasteiger partial charge in [-0.15, -0.1) is 0 Å². The zero-order valence-electron chi connectivity index (χ0n) is 30.5. The Morgan fingerprint density at radius 3 is 1.00 bits per heavy atom. The fourth-order valence-corrected chi connectivity index (χ4v) is 7.84. The molecule has 0 spiro atoms. The highest BCUT2D eigenvalue weighted by molar-refractivity contribution is 6.21. The summed E-state index contributed by atoms with van der Waals surface area (Å²) in [7, 11) is 0. The average molecular weight is 714 g/mol. The van der Waals surface area contributed by atoms with Crippen LogP contribution in [0, 0.1) is 0 Å². The molecular formula is C53H35N3. The van der Waals surface area contributed by atoms with Crippen LogP contribution in [0.4, 0.5) is 0 Å². The predicted octanol–water partition coefficient (Wildman–Crippen LogP) is 13.8. The van der Waals surface area contributed by atoms with Crippen molar-refractivity contribution in [2.45, 2.75) is 0 Å². The van der Waals surface area contributed by atoms with Crippen LogP contribution in [0.5, 0.6) is 0 Å².